The molecule has 1 N–H and O–H groups in total. The first-order valence-electron chi connectivity index (χ1n) is 6.15. The Labute approximate surface area is 101 Å². The van der Waals surface area contributed by atoms with Crippen molar-refractivity contribution in [3.63, 3.8) is 0 Å². The smallest absolute Gasteiger partial charge is 0.326 e. The summed E-state index contributed by atoms with van der Waals surface area (Å²) < 4.78 is 5.40. The number of carboxylic acids is 1. The Balaban J connectivity index is 1.97. The molecular weight excluding hydrogens is 222 g/mol. The van der Waals surface area contributed by atoms with Crippen LogP contribution < -0.4 is 0 Å². The number of carbonyl (C=O) groups excluding carboxylic acids is 1. The molecule has 5 heteroatoms. The van der Waals surface area contributed by atoms with Crippen LogP contribution in [0.5, 0.6) is 0 Å². The Kier molecular flexibility index (Phi) is 3.38. The third-order valence-electron chi connectivity index (χ3n) is 4.03. The van der Waals surface area contributed by atoms with Gasteiger partial charge >= 0.3 is 5.97 Å². The summed E-state index contributed by atoms with van der Waals surface area (Å²) in [5, 5.41) is 9.03. The standard InChI is InChI=1S/C12H19NO4/c1-17-12(5-3-6-12)8-10(14)13-7-2-4-9(13)11(15)16/h9H,2-8H2,1H3,(H,15,16)/t9-/m1/s1. The monoisotopic (exact) mass is 241 g/mol. The fraction of sp³-hybridized carbons (Fsp3) is 0.833. The highest BCUT2D eigenvalue weighted by atomic mass is 16.5. The predicted octanol–water partition coefficient (Wildman–Crippen LogP) is 1.02. The molecule has 0 spiro atoms. The summed E-state index contributed by atoms with van der Waals surface area (Å²) in [6, 6.07) is -0.628. The van der Waals surface area contributed by atoms with Crippen molar-refractivity contribution in [1.82, 2.24) is 4.90 Å². The van der Waals surface area contributed by atoms with Gasteiger partial charge in [-0.2, -0.15) is 0 Å². The second-order valence-electron chi connectivity index (χ2n) is 5.00. The number of carbonyl (C=O) groups is 2. The highest BCUT2D eigenvalue weighted by Crippen LogP contribution is 2.39. The lowest BCUT2D eigenvalue weighted by Gasteiger charge is -2.41. The van der Waals surface area contributed by atoms with Crippen LogP contribution in [-0.2, 0) is 14.3 Å². The number of ether oxygens (including phenoxy) is 1. The number of hydrogen-bond donors (Lipinski definition) is 1. The highest BCUT2D eigenvalue weighted by molar-refractivity contribution is 5.84. The van der Waals surface area contributed by atoms with Crippen LogP contribution in [0.25, 0.3) is 0 Å². The summed E-state index contributed by atoms with van der Waals surface area (Å²) >= 11 is 0. The van der Waals surface area contributed by atoms with E-state index >= 15 is 0 Å². The molecule has 0 radical (unpaired) electrons. The van der Waals surface area contributed by atoms with E-state index in [-0.39, 0.29) is 11.5 Å². The van der Waals surface area contributed by atoms with Crippen LogP contribution in [-0.4, -0.2) is 47.2 Å². The zero-order valence-electron chi connectivity index (χ0n) is 10.1. The molecule has 2 rings (SSSR count). The zero-order valence-corrected chi connectivity index (χ0v) is 10.1. The number of nitrogens with zero attached hydrogens (tertiary/aromatic N) is 1. The molecule has 1 aliphatic heterocycles. The minimum Gasteiger partial charge on any atom is -0.480 e. The fourth-order valence-electron chi connectivity index (χ4n) is 2.72. The van der Waals surface area contributed by atoms with E-state index in [1.54, 1.807) is 7.11 Å². The van der Waals surface area contributed by atoms with Crippen LogP contribution >= 0.6 is 0 Å². The Morgan fingerprint density at radius 1 is 1.41 bits per heavy atom. The molecule has 1 atom stereocenters. The SMILES string of the molecule is COC1(CC(=O)N2CCC[C@@H]2C(=O)O)CCC1. The zero-order chi connectivity index (χ0) is 12.5. The van der Waals surface area contributed by atoms with Crippen LogP contribution in [0.3, 0.4) is 0 Å². The Morgan fingerprint density at radius 2 is 2.12 bits per heavy atom. The van der Waals surface area contributed by atoms with Crippen molar-refractivity contribution in [2.45, 2.75) is 50.2 Å². The number of aliphatic carboxylic acids is 1. The van der Waals surface area contributed by atoms with E-state index in [0.29, 0.717) is 19.4 Å². The van der Waals surface area contributed by atoms with E-state index in [1.165, 1.54) is 4.90 Å². The number of likely N-dealkylation sites (tertiary alicyclic amines) is 1. The summed E-state index contributed by atoms with van der Waals surface area (Å²) in [4.78, 5) is 24.6. The Hall–Kier alpha value is -1.10. The molecule has 0 unspecified atom stereocenters. The van der Waals surface area contributed by atoms with Gasteiger partial charge in [0.25, 0.3) is 0 Å². The van der Waals surface area contributed by atoms with Crippen LogP contribution in [0, 0.1) is 0 Å². The van der Waals surface area contributed by atoms with Crippen molar-refractivity contribution in [3.8, 4) is 0 Å². The number of carboxylic acid groups (broad SMARTS) is 1. The lowest BCUT2D eigenvalue weighted by atomic mass is 9.77. The van der Waals surface area contributed by atoms with Crippen molar-refractivity contribution >= 4 is 11.9 Å². The number of hydrogen-bond acceptors (Lipinski definition) is 3. The van der Waals surface area contributed by atoms with Gasteiger partial charge < -0.3 is 14.7 Å². The fourth-order valence-corrected chi connectivity index (χ4v) is 2.72. The van der Waals surface area contributed by atoms with Gasteiger partial charge in [-0.15, -0.1) is 0 Å². The Morgan fingerprint density at radius 3 is 2.59 bits per heavy atom. The molecule has 1 heterocycles. The van der Waals surface area contributed by atoms with E-state index in [2.05, 4.69) is 0 Å². The van der Waals surface area contributed by atoms with Gasteiger partial charge in [0, 0.05) is 13.7 Å². The maximum atomic E-state index is 12.1. The first-order valence-corrected chi connectivity index (χ1v) is 6.15. The quantitative estimate of drug-likeness (QED) is 0.798. The van der Waals surface area contributed by atoms with E-state index in [0.717, 1.165) is 25.7 Å². The summed E-state index contributed by atoms with van der Waals surface area (Å²) in [5.41, 5.74) is -0.317. The molecule has 2 fully saturated rings. The molecule has 0 aromatic rings. The van der Waals surface area contributed by atoms with Gasteiger partial charge in [-0.3, -0.25) is 4.79 Å². The van der Waals surface area contributed by atoms with Gasteiger partial charge in [-0.25, -0.2) is 4.79 Å². The molecule has 1 saturated heterocycles. The maximum absolute atomic E-state index is 12.1. The molecule has 0 aromatic carbocycles. The minimum atomic E-state index is -0.893. The van der Waals surface area contributed by atoms with Crippen LogP contribution in [0.1, 0.15) is 38.5 Å². The summed E-state index contributed by atoms with van der Waals surface area (Å²) in [6.07, 6.45) is 4.57. The van der Waals surface area contributed by atoms with Crippen molar-refractivity contribution in [2.75, 3.05) is 13.7 Å². The highest BCUT2D eigenvalue weighted by Gasteiger charge is 2.42. The van der Waals surface area contributed by atoms with Crippen molar-refractivity contribution < 1.29 is 19.4 Å². The molecule has 2 aliphatic rings. The van der Waals surface area contributed by atoms with E-state index < -0.39 is 12.0 Å². The van der Waals surface area contributed by atoms with Gasteiger partial charge in [-0.05, 0) is 32.1 Å². The predicted molar refractivity (Wildman–Crippen MR) is 60.6 cm³/mol. The van der Waals surface area contributed by atoms with Crippen molar-refractivity contribution in [2.24, 2.45) is 0 Å². The lowest BCUT2D eigenvalue weighted by Crippen LogP contribution is -2.47. The average Bonchev–Trinajstić information content (AvgIpc) is 2.72. The Bertz CT molecular complexity index is 319. The number of methoxy groups -OCH3 is 1. The molecule has 1 amide bonds. The molecule has 96 valence electrons. The molecule has 17 heavy (non-hydrogen) atoms. The van der Waals surface area contributed by atoms with Crippen molar-refractivity contribution in [1.29, 1.82) is 0 Å². The molecule has 1 saturated carbocycles. The molecule has 0 bridgehead atoms. The van der Waals surface area contributed by atoms with Crippen LogP contribution in [0.2, 0.25) is 0 Å². The second-order valence-corrected chi connectivity index (χ2v) is 5.00. The third-order valence-corrected chi connectivity index (χ3v) is 4.03. The lowest BCUT2D eigenvalue weighted by molar-refractivity contribution is -0.153. The topological polar surface area (TPSA) is 66.8 Å². The molecule has 5 nitrogen and oxygen atoms in total. The van der Waals surface area contributed by atoms with Gasteiger partial charge in [0.1, 0.15) is 6.04 Å². The minimum absolute atomic E-state index is 0.0727. The van der Waals surface area contributed by atoms with Gasteiger partial charge in [0.2, 0.25) is 5.91 Å². The average molecular weight is 241 g/mol. The third kappa shape index (κ3) is 2.29. The van der Waals surface area contributed by atoms with Gasteiger partial charge in [0.15, 0.2) is 0 Å². The normalized spacial score (nSPS) is 26.6. The van der Waals surface area contributed by atoms with E-state index in [9.17, 15) is 9.59 Å². The van der Waals surface area contributed by atoms with Gasteiger partial charge in [-0.1, -0.05) is 0 Å². The summed E-state index contributed by atoms with van der Waals surface area (Å²) in [6.45, 7) is 0.565. The summed E-state index contributed by atoms with van der Waals surface area (Å²) in [5.74, 6) is -0.965. The van der Waals surface area contributed by atoms with Crippen LogP contribution in [0.4, 0.5) is 0 Å². The van der Waals surface area contributed by atoms with Crippen LogP contribution in [0.15, 0.2) is 0 Å². The summed E-state index contributed by atoms with van der Waals surface area (Å²) in [7, 11) is 1.63. The second kappa shape index (κ2) is 4.64. The largest absolute Gasteiger partial charge is 0.480 e. The van der Waals surface area contributed by atoms with Crippen molar-refractivity contribution in [3.05, 3.63) is 0 Å². The van der Waals surface area contributed by atoms with Gasteiger partial charge in [0.05, 0.1) is 12.0 Å². The maximum Gasteiger partial charge on any atom is 0.326 e. The number of amides is 1. The van der Waals surface area contributed by atoms with E-state index in [1.807, 2.05) is 0 Å². The molecule has 0 aromatic heterocycles. The van der Waals surface area contributed by atoms with E-state index in [4.69, 9.17) is 9.84 Å². The molecule has 1 aliphatic carbocycles. The number of rotatable bonds is 4. The molecular formula is C12H19NO4. The first kappa shape index (κ1) is 12.4. The first-order chi connectivity index (χ1) is 8.08.